The van der Waals surface area contributed by atoms with Crippen molar-refractivity contribution in [3.8, 4) is 0 Å². The molecule has 0 aliphatic heterocycles. The van der Waals surface area contributed by atoms with Gasteiger partial charge in [-0.1, -0.05) is 0 Å². The minimum absolute atomic E-state index is 0.0912. The molecular formula is C18H17N3O3S. The van der Waals surface area contributed by atoms with Crippen LogP contribution in [0, 0.1) is 0 Å². The molecule has 0 atom stereocenters. The summed E-state index contributed by atoms with van der Waals surface area (Å²) in [4.78, 5) is 28.5. The Hall–Kier alpha value is -2.80. The fourth-order valence-electron chi connectivity index (χ4n) is 2.40. The SMILES string of the molecule is COC(=O)c1cccn2cc(CSc3ccc(NC(C)=O)cc3)nc12. The van der Waals surface area contributed by atoms with Gasteiger partial charge in [-0.05, 0) is 36.4 Å². The third kappa shape index (κ3) is 4.00. The minimum atomic E-state index is -0.399. The molecule has 6 nitrogen and oxygen atoms in total. The Morgan fingerprint density at radius 1 is 1.24 bits per heavy atom. The summed E-state index contributed by atoms with van der Waals surface area (Å²) >= 11 is 1.63. The van der Waals surface area contributed by atoms with Crippen LogP contribution in [0.15, 0.2) is 53.7 Å². The number of amides is 1. The highest BCUT2D eigenvalue weighted by Gasteiger charge is 2.13. The Morgan fingerprint density at radius 2 is 2.00 bits per heavy atom. The summed E-state index contributed by atoms with van der Waals surface area (Å²) in [5, 5.41) is 2.74. The van der Waals surface area contributed by atoms with Gasteiger partial charge in [0.2, 0.25) is 5.91 Å². The number of hydrogen-bond donors (Lipinski definition) is 1. The van der Waals surface area contributed by atoms with E-state index in [1.54, 1.807) is 23.9 Å². The van der Waals surface area contributed by atoms with E-state index in [9.17, 15) is 9.59 Å². The van der Waals surface area contributed by atoms with E-state index in [0.29, 0.717) is 17.0 Å². The fraction of sp³-hybridized carbons (Fsp3) is 0.167. The number of nitrogens with zero attached hydrogens (tertiary/aromatic N) is 2. The lowest BCUT2D eigenvalue weighted by molar-refractivity contribution is -0.114. The van der Waals surface area contributed by atoms with Gasteiger partial charge in [-0.25, -0.2) is 9.78 Å². The maximum atomic E-state index is 11.8. The Kier molecular flexibility index (Phi) is 5.04. The highest BCUT2D eigenvalue weighted by atomic mass is 32.2. The topological polar surface area (TPSA) is 72.7 Å². The van der Waals surface area contributed by atoms with Crippen molar-refractivity contribution in [2.75, 3.05) is 12.4 Å². The van der Waals surface area contributed by atoms with Crippen LogP contribution >= 0.6 is 11.8 Å². The first-order valence-corrected chi connectivity index (χ1v) is 8.61. The molecule has 1 aromatic carbocycles. The molecule has 2 aromatic heterocycles. The van der Waals surface area contributed by atoms with Gasteiger partial charge < -0.3 is 14.5 Å². The summed E-state index contributed by atoms with van der Waals surface area (Å²) in [7, 11) is 1.36. The van der Waals surface area contributed by atoms with Gasteiger partial charge in [-0.15, -0.1) is 11.8 Å². The van der Waals surface area contributed by atoms with Crippen molar-refractivity contribution in [1.29, 1.82) is 0 Å². The number of methoxy groups -OCH3 is 1. The number of carbonyl (C=O) groups is 2. The third-order valence-corrected chi connectivity index (χ3v) is 4.54. The molecule has 1 N–H and O–H groups in total. The molecule has 0 aliphatic rings. The second-order valence-electron chi connectivity index (χ2n) is 5.37. The average Bonchev–Trinajstić information content (AvgIpc) is 3.03. The zero-order valence-corrected chi connectivity index (χ0v) is 14.7. The van der Waals surface area contributed by atoms with Crippen molar-refractivity contribution >= 4 is 35.0 Å². The molecule has 7 heteroatoms. The van der Waals surface area contributed by atoms with Crippen LogP contribution in [-0.2, 0) is 15.3 Å². The predicted molar refractivity (Wildman–Crippen MR) is 96.8 cm³/mol. The second-order valence-corrected chi connectivity index (χ2v) is 6.42. The van der Waals surface area contributed by atoms with E-state index in [1.807, 2.05) is 41.1 Å². The van der Waals surface area contributed by atoms with Crippen LogP contribution in [0.25, 0.3) is 5.65 Å². The quantitative estimate of drug-likeness (QED) is 0.561. The van der Waals surface area contributed by atoms with Crippen LogP contribution in [-0.4, -0.2) is 28.4 Å². The molecule has 2 heterocycles. The lowest BCUT2D eigenvalue weighted by Gasteiger charge is -2.03. The monoisotopic (exact) mass is 355 g/mol. The number of ether oxygens (including phenoxy) is 1. The summed E-state index contributed by atoms with van der Waals surface area (Å²) < 4.78 is 6.62. The number of pyridine rings is 1. The van der Waals surface area contributed by atoms with Gasteiger partial charge in [0.25, 0.3) is 0 Å². The zero-order chi connectivity index (χ0) is 17.8. The van der Waals surface area contributed by atoms with Crippen LogP contribution in [0.3, 0.4) is 0 Å². The van der Waals surface area contributed by atoms with Crippen molar-refractivity contribution in [3.63, 3.8) is 0 Å². The Labute approximate surface area is 149 Å². The van der Waals surface area contributed by atoms with Gasteiger partial charge >= 0.3 is 5.97 Å². The number of rotatable bonds is 5. The molecule has 0 saturated heterocycles. The fourth-order valence-corrected chi connectivity index (χ4v) is 3.18. The van der Waals surface area contributed by atoms with Gasteiger partial charge in [0.1, 0.15) is 5.56 Å². The summed E-state index contributed by atoms with van der Waals surface area (Å²) in [5.41, 5.74) is 2.67. The lowest BCUT2D eigenvalue weighted by atomic mass is 10.3. The van der Waals surface area contributed by atoms with E-state index in [2.05, 4.69) is 10.3 Å². The number of benzene rings is 1. The van der Waals surface area contributed by atoms with E-state index < -0.39 is 5.97 Å². The highest BCUT2D eigenvalue weighted by molar-refractivity contribution is 7.98. The number of carbonyl (C=O) groups excluding carboxylic acids is 2. The molecule has 0 saturated carbocycles. The number of aromatic nitrogens is 2. The number of thioether (sulfide) groups is 1. The van der Waals surface area contributed by atoms with Crippen LogP contribution in [0.2, 0.25) is 0 Å². The molecule has 0 radical (unpaired) electrons. The van der Waals surface area contributed by atoms with Crippen molar-refractivity contribution in [2.24, 2.45) is 0 Å². The maximum Gasteiger partial charge on any atom is 0.341 e. The van der Waals surface area contributed by atoms with Crippen molar-refractivity contribution < 1.29 is 14.3 Å². The predicted octanol–water partition coefficient (Wildman–Crippen LogP) is 3.37. The number of hydrogen-bond acceptors (Lipinski definition) is 5. The molecule has 25 heavy (non-hydrogen) atoms. The zero-order valence-electron chi connectivity index (χ0n) is 13.9. The van der Waals surface area contributed by atoms with Gasteiger partial charge in [-0.2, -0.15) is 0 Å². The van der Waals surface area contributed by atoms with Gasteiger partial charge in [0.05, 0.1) is 12.8 Å². The summed E-state index contributed by atoms with van der Waals surface area (Å²) in [6.45, 7) is 1.48. The normalized spacial score (nSPS) is 10.6. The van der Waals surface area contributed by atoms with Gasteiger partial charge in [-0.3, -0.25) is 4.79 Å². The molecule has 0 aliphatic carbocycles. The molecule has 0 spiro atoms. The van der Waals surface area contributed by atoms with Crippen LogP contribution < -0.4 is 5.32 Å². The molecule has 1 amide bonds. The number of imidazole rings is 1. The smallest absolute Gasteiger partial charge is 0.341 e. The number of esters is 1. The van der Waals surface area contributed by atoms with Gasteiger partial charge in [0, 0.05) is 35.7 Å². The Morgan fingerprint density at radius 3 is 2.68 bits per heavy atom. The first-order valence-electron chi connectivity index (χ1n) is 7.62. The standard InChI is InChI=1S/C18H17N3O3S/c1-12(22)19-13-5-7-15(8-6-13)25-11-14-10-21-9-3-4-16(17(21)20-14)18(23)24-2/h3-10H,11H2,1-2H3,(H,19,22). The first kappa shape index (κ1) is 17.0. The van der Waals surface area contributed by atoms with E-state index >= 15 is 0 Å². The largest absolute Gasteiger partial charge is 0.465 e. The maximum absolute atomic E-state index is 11.8. The number of nitrogens with one attached hydrogen (secondary N) is 1. The van der Waals surface area contributed by atoms with Crippen molar-refractivity contribution in [1.82, 2.24) is 9.38 Å². The second kappa shape index (κ2) is 7.40. The summed E-state index contributed by atoms with van der Waals surface area (Å²) in [6, 6.07) is 11.1. The molecule has 128 valence electrons. The van der Waals surface area contributed by atoms with Crippen LogP contribution in [0.4, 0.5) is 5.69 Å². The van der Waals surface area contributed by atoms with E-state index in [1.165, 1.54) is 14.0 Å². The summed E-state index contributed by atoms with van der Waals surface area (Å²) in [6.07, 6.45) is 3.76. The molecular weight excluding hydrogens is 338 g/mol. The third-order valence-electron chi connectivity index (χ3n) is 3.50. The first-order chi connectivity index (χ1) is 12.1. The number of fused-ring (bicyclic) bond motifs is 1. The minimum Gasteiger partial charge on any atom is -0.465 e. The molecule has 0 fully saturated rings. The van der Waals surface area contributed by atoms with Gasteiger partial charge in [0.15, 0.2) is 5.65 Å². The lowest BCUT2D eigenvalue weighted by Crippen LogP contribution is -2.05. The molecule has 3 aromatic rings. The van der Waals surface area contributed by atoms with Crippen LogP contribution in [0.1, 0.15) is 23.0 Å². The van der Waals surface area contributed by atoms with Crippen LogP contribution in [0.5, 0.6) is 0 Å². The highest BCUT2D eigenvalue weighted by Crippen LogP contribution is 2.24. The number of anilines is 1. The van der Waals surface area contributed by atoms with E-state index in [0.717, 1.165) is 16.3 Å². The van der Waals surface area contributed by atoms with E-state index in [4.69, 9.17) is 4.74 Å². The molecule has 0 unspecified atom stereocenters. The average molecular weight is 355 g/mol. The van der Waals surface area contributed by atoms with Crippen molar-refractivity contribution in [2.45, 2.75) is 17.6 Å². The molecule has 3 rings (SSSR count). The molecule has 0 bridgehead atoms. The Bertz CT molecular complexity index is 919. The van der Waals surface area contributed by atoms with E-state index in [-0.39, 0.29) is 5.91 Å². The Balaban J connectivity index is 1.73. The van der Waals surface area contributed by atoms with Crippen molar-refractivity contribution in [3.05, 3.63) is 60.0 Å². The summed E-state index contributed by atoms with van der Waals surface area (Å²) in [5.74, 6) is 0.178.